The number of ether oxygens (including phenoxy) is 1. The Kier molecular flexibility index (Phi) is 8.18. The van der Waals surface area contributed by atoms with E-state index in [9.17, 15) is 9.59 Å². The molecule has 0 spiro atoms. The molecule has 0 saturated carbocycles. The first kappa shape index (κ1) is 24.1. The molecule has 2 aliphatic heterocycles. The highest BCUT2D eigenvalue weighted by molar-refractivity contribution is 8.16. The highest BCUT2D eigenvalue weighted by Crippen LogP contribution is 2.45. The van der Waals surface area contributed by atoms with Gasteiger partial charge in [-0.2, -0.15) is 0 Å². The third-order valence-electron chi connectivity index (χ3n) is 5.66. The molecule has 0 bridgehead atoms. The van der Waals surface area contributed by atoms with Crippen LogP contribution >= 0.6 is 11.8 Å². The zero-order valence-corrected chi connectivity index (χ0v) is 20.5. The third kappa shape index (κ3) is 4.93. The van der Waals surface area contributed by atoms with Crippen LogP contribution < -0.4 is 0 Å². The second-order valence-electron chi connectivity index (χ2n) is 8.07. The molecule has 2 heterocycles. The Labute approximate surface area is 195 Å². The second-order valence-corrected chi connectivity index (χ2v) is 8.91. The molecule has 172 valence electrons. The van der Waals surface area contributed by atoms with Gasteiger partial charge in [-0.25, -0.2) is 9.79 Å². The molecule has 2 aliphatic rings. The number of fused-ring (bicyclic) bond motifs is 1. The standard InChI is InChI=1S/C25H33N3O3S/c1-6-12-27(13-7-2)21(29)15-19-16-32-25-26-20(8-3)22(24(30)31-5)23(28(19)25)18-11-9-10-17(4)14-18/h9-11,14,16,23H,6-8,12-13,15H2,1-5H3/t23-/m1/s1. The van der Waals surface area contributed by atoms with E-state index in [0.717, 1.165) is 53.6 Å². The number of allylic oxidation sites excluding steroid dienone is 1. The Balaban J connectivity index is 2.03. The summed E-state index contributed by atoms with van der Waals surface area (Å²) in [4.78, 5) is 34.9. The lowest BCUT2D eigenvalue weighted by atomic mass is 9.92. The number of hydrogen-bond donors (Lipinski definition) is 0. The second kappa shape index (κ2) is 10.9. The summed E-state index contributed by atoms with van der Waals surface area (Å²) in [5.74, 6) is -0.271. The summed E-state index contributed by atoms with van der Waals surface area (Å²) >= 11 is 1.51. The SMILES string of the molecule is CCCN(CCC)C(=O)CC1=CSC2=NC(CC)=C(C(=O)OC)[C@@H](c3cccc(C)c3)N12. The average Bonchev–Trinajstić information content (AvgIpc) is 3.19. The van der Waals surface area contributed by atoms with Gasteiger partial charge in [0.15, 0.2) is 5.17 Å². The number of thioether (sulfide) groups is 1. The van der Waals surface area contributed by atoms with Gasteiger partial charge in [0.25, 0.3) is 0 Å². The van der Waals surface area contributed by atoms with Crippen LogP contribution in [0.1, 0.15) is 63.6 Å². The van der Waals surface area contributed by atoms with Crippen molar-refractivity contribution in [2.24, 2.45) is 4.99 Å². The molecule has 0 radical (unpaired) electrons. The molecule has 1 aromatic rings. The van der Waals surface area contributed by atoms with Gasteiger partial charge in [-0.1, -0.05) is 62.4 Å². The Hall–Kier alpha value is -2.54. The molecule has 1 aromatic carbocycles. The summed E-state index contributed by atoms with van der Waals surface area (Å²) in [7, 11) is 1.40. The van der Waals surface area contributed by atoms with Crippen molar-refractivity contribution >= 4 is 28.8 Å². The lowest BCUT2D eigenvalue weighted by molar-refractivity contribution is -0.136. The van der Waals surface area contributed by atoms with E-state index in [4.69, 9.17) is 9.73 Å². The van der Waals surface area contributed by atoms with Crippen LogP contribution in [0.4, 0.5) is 0 Å². The number of carbonyl (C=O) groups is 2. The van der Waals surface area contributed by atoms with Crippen molar-refractivity contribution in [3.63, 3.8) is 0 Å². The summed E-state index contributed by atoms with van der Waals surface area (Å²) in [5.41, 5.74) is 4.26. The van der Waals surface area contributed by atoms with Crippen molar-refractivity contribution in [1.82, 2.24) is 9.80 Å². The normalized spacial score (nSPS) is 17.7. The summed E-state index contributed by atoms with van der Waals surface area (Å²) in [5, 5.41) is 2.81. The van der Waals surface area contributed by atoms with Crippen LogP contribution in [-0.2, 0) is 14.3 Å². The molecule has 1 atom stereocenters. The smallest absolute Gasteiger partial charge is 0.338 e. The van der Waals surface area contributed by atoms with Gasteiger partial charge in [-0.05, 0) is 37.2 Å². The molecule has 0 N–H and O–H groups in total. The quantitative estimate of drug-likeness (QED) is 0.481. The minimum atomic E-state index is -0.377. The van der Waals surface area contributed by atoms with Crippen LogP contribution in [0.25, 0.3) is 0 Å². The van der Waals surface area contributed by atoms with E-state index < -0.39 is 0 Å². The minimum absolute atomic E-state index is 0.106. The van der Waals surface area contributed by atoms with Crippen molar-refractivity contribution < 1.29 is 14.3 Å². The van der Waals surface area contributed by atoms with E-state index in [-0.39, 0.29) is 24.3 Å². The van der Waals surface area contributed by atoms with Gasteiger partial charge in [0.2, 0.25) is 5.91 Å². The molecule has 1 amide bonds. The first-order valence-corrected chi connectivity index (χ1v) is 12.2. The van der Waals surface area contributed by atoms with Crippen LogP contribution in [0.15, 0.2) is 51.6 Å². The highest BCUT2D eigenvalue weighted by Gasteiger charge is 2.41. The van der Waals surface area contributed by atoms with Gasteiger partial charge < -0.3 is 14.5 Å². The van der Waals surface area contributed by atoms with Gasteiger partial charge in [0.05, 0.1) is 30.8 Å². The number of methoxy groups -OCH3 is 1. The number of benzene rings is 1. The number of aliphatic imine (C=N–C) groups is 1. The van der Waals surface area contributed by atoms with Crippen molar-refractivity contribution in [3.05, 3.63) is 57.8 Å². The molecule has 0 fully saturated rings. The largest absolute Gasteiger partial charge is 0.466 e. The predicted octanol–water partition coefficient (Wildman–Crippen LogP) is 5.17. The van der Waals surface area contributed by atoms with Crippen LogP contribution in [0, 0.1) is 6.92 Å². The van der Waals surface area contributed by atoms with Crippen LogP contribution in [0.5, 0.6) is 0 Å². The minimum Gasteiger partial charge on any atom is -0.466 e. The Morgan fingerprint density at radius 2 is 1.91 bits per heavy atom. The maximum absolute atomic E-state index is 13.1. The molecule has 32 heavy (non-hydrogen) atoms. The maximum atomic E-state index is 13.1. The van der Waals surface area contributed by atoms with Crippen molar-refractivity contribution in [2.75, 3.05) is 20.2 Å². The molecule has 3 rings (SSSR count). The number of esters is 1. The van der Waals surface area contributed by atoms with E-state index in [0.29, 0.717) is 12.0 Å². The Morgan fingerprint density at radius 1 is 1.19 bits per heavy atom. The molecule has 0 unspecified atom stereocenters. The molecular weight excluding hydrogens is 422 g/mol. The van der Waals surface area contributed by atoms with Crippen molar-refractivity contribution in [1.29, 1.82) is 0 Å². The molecule has 0 saturated heterocycles. The van der Waals surface area contributed by atoms with E-state index in [2.05, 4.69) is 24.8 Å². The molecule has 7 heteroatoms. The summed E-state index contributed by atoms with van der Waals surface area (Å²) < 4.78 is 5.18. The number of aryl methyl sites for hydroxylation is 1. The van der Waals surface area contributed by atoms with Gasteiger partial charge in [0.1, 0.15) is 0 Å². The molecule has 0 aromatic heterocycles. The van der Waals surface area contributed by atoms with Crippen LogP contribution in [0.3, 0.4) is 0 Å². The fourth-order valence-corrected chi connectivity index (χ4v) is 5.17. The monoisotopic (exact) mass is 455 g/mol. The Morgan fingerprint density at radius 3 is 2.50 bits per heavy atom. The van der Waals surface area contributed by atoms with E-state index in [1.54, 1.807) is 0 Å². The number of rotatable bonds is 9. The van der Waals surface area contributed by atoms with Crippen LogP contribution in [-0.4, -0.2) is 47.0 Å². The van der Waals surface area contributed by atoms with Gasteiger partial charge in [-0.3, -0.25) is 4.79 Å². The number of nitrogens with zero attached hydrogens (tertiary/aromatic N) is 3. The number of hydrogen-bond acceptors (Lipinski definition) is 6. The number of amidine groups is 1. The fraction of sp³-hybridized carbons (Fsp3) is 0.480. The summed E-state index contributed by atoms with van der Waals surface area (Å²) in [6.45, 7) is 9.71. The van der Waals surface area contributed by atoms with Gasteiger partial charge >= 0.3 is 5.97 Å². The topological polar surface area (TPSA) is 62.2 Å². The zero-order chi connectivity index (χ0) is 23.3. The fourth-order valence-electron chi connectivity index (χ4n) is 4.24. The lowest BCUT2D eigenvalue weighted by Gasteiger charge is -2.37. The van der Waals surface area contributed by atoms with Gasteiger partial charge in [0, 0.05) is 18.8 Å². The lowest BCUT2D eigenvalue weighted by Crippen LogP contribution is -2.39. The Bertz CT molecular complexity index is 961. The summed E-state index contributed by atoms with van der Waals surface area (Å²) in [6.07, 6.45) is 2.76. The highest BCUT2D eigenvalue weighted by atomic mass is 32.2. The summed E-state index contributed by atoms with van der Waals surface area (Å²) in [6, 6.07) is 7.78. The molecule has 6 nitrogen and oxygen atoms in total. The van der Waals surface area contributed by atoms with E-state index >= 15 is 0 Å². The van der Waals surface area contributed by atoms with Crippen molar-refractivity contribution in [2.45, 2.75) is 59.4 Å². The van der Waals surface area contributed by atoms with E-state index in [1.165, 1.54) is 18.9 Å². The first-order valence-electron chi connectivity index (χ1n) is 11.3. The van der Waals surface area contributed by atoms with Crippen LogP contribution in [0.2, 0.25) is 0 Å². The predicted molar refractivity (Wildman–Crippen MR) is 130 cm³/mol. The van der Waals surface area contributed by atoms with Crippen molar-refractivity contribution in [3.8, 4) is 0 Å². The average molecular weight is 456 g/mol. The maximum Gasteiger partial charge on any atom is 0.338 e. The molecular formula is C25H33N3O3S. The molecule has 0 aliphatic carbocycles. The number of amides is 1. The zero-order valence-electron chi connectivity index (χ0n) is 19.7. The first-order chi connectivity index (χ1) is 15.4. The number of carbonyl (C=O) groups excluding carboxylic acids is 2. The van der Waals surface area contributed by atoms with E-state index in [1.807, 2.05) is 42.4 Å². The van der Waals surface area contributed by atoms with Gasteiger partial charge in [-0.15, -0.1) is 0 Å². The third-order valence-corrected chi connectivity index (χ3v) is 6.55.